The second-order valence-corrected chi connectivity index (χ2v) is 5.71. The van der Waals surface area contributed by atoms with Gasteiger partial charge >= 0.3 is 0 Å². The molecule has 0 aliphatic carbocycles. The third-order valence-electron chi connectivity index (χ3n) is 3.85. The smallest absolute Gasteiger partial charge is 0.106 e. The van der Waals surface area contributed by atoms with E-state index in [9.17, 15) is 5.11 Å². The van der Waals surface area contributed by atoms with Crippen molar-refractivity contribution in [1.29, 1.82) is 0 Å². The Labute approximate surface area is 107 Å². The highest BCUT2D eigenvalue weighted by Gasteiger charge is 2.39. The topological polar surface area (TPSA) is 32.7 Å². The van der Waals surface area contributed by atoms with Crippen molar-refractivity contribution >= 4 is 11.3 Å². The first-order chi connectivity index (χ1) is 8.18. The molecule has 0 radical (unpaired) electrons. The molecule has 3 nitrogen and oxygen atoms in total. The summed E-state index contributed by atoms with van der Waals surface area (Å²) >= 11 is 1.63. The van der Waals surface area contributed by atoms with Crippen LogP contribution in [0, 0.1) is 0 Å². The molecule has 2 rings (SSSR count). The molecule has 1 aliphatic heterocycles. The van der Waals surface area contributed by atoms with E-state index in [4.69, 9.17) is 4.74 Å². The van der Waals surface area contributed by atoms with Crippen LogP contribution in [0.2, 0.25) is 0 Å². The maximum atomic E-state index is 10.6. The standard InChI is InChI=1S/C13H21NO2S/c1-3-13(2,14-6-8-16-9-7-14)12(15)11-5-4-10-17-11/h4-5,10,12,15H,3,6-9H2,1-2H3. The normalized spacial score (nSPS) is 23.2. The number of rotatable bonds is 4. The van der Waals surface area contributed by atoms with Gasteiger partial charge in [0.2, 0.25) is 0 Å². The van der Waals surface area contributed by atoms with Gasteiger partial charge in [0.25, 0.3) is 0 Å². The lowest BCUT2D eigenvalue weighted by molar-refractivity contribution is -0.0723. The van der Waals surface area contributed by atoms with Crippen molar-refractivity contribution in [3.05, 3.63) is 22.4 Å². The Balaban J connectivity index is 2.17. The summed E-state index contributed by atoms with van der Waals surface area (Å²) in [6, 6.07) is 4.02. The fourth-order valence-corrected chi connectivity index (χ4v) is 3.27. The van der Waals surface area contributed by atoms with Gasteiger partial charge in [-0.25, -0.2) is 0 Å². The summed E-state index contributed by atoms with van der Waals surface area (Å²) in [5, 5.41) is 12.6. The molecule has 1 aromatic rings. The number of nitrogens with zero attached hydrogens (tertiary/aromatic N) is 1. The van der Waals surface area contributed by atoms with Gasteiger partial charge in [-0.3, -0.25) is 4.90 Å². The van der Waals surface area contributed by atoms with E-state index in [1.165, 1.54) is 0 Å². The van der Waals surface area contributed by atoms with Crippen LogP contribution < -0.4 is 0 Å². The van der Waals surface area contributed by atoms with E-state index in [1.54, 1.807) is 11.3 Å². The summed E-state index contributed by atoms with van der Waals surface area (Å²) in [5.41, 5.74) is -0.186. The van der Waals surface area contributed by atoms with Crippen LogP contribution in [-0.4, -0.2) is 41.8 Å². The fourth-order valence-electron chi connectivity index (χ4n) is 2.42. The summed E-state index contributed by atoms with van der Waals surface area (Å²) in [7, 11) is 0. The van der Waals surface area contributed by atoms with E-state index in [0.717, 1.165) is 37.6 Å². The average molecular weight is 255 g/mol. The minimum Gasteiger partial charge on any atom is -0.386 e. The highest BCUT2D eigenvalue weighted by molar-refractivity contribution is 7.10. The molecule has 2 atom stereocenters. The molecule has 1 N–H and O–H groups in total. The summed E-state index contributed by atoms with van der Waals surface area (Å²) < 4.78 is 5.39. The van der Waals surface area contributed by atoms with Gasteiger partial charge in [0.1, 0.15) is 6.10 Å². The molecule has 0 amide bonds. The molecule has 96 valence electrons. The highest BCUT2D eigenvalue weighted by Crippen LogP contribution is 2.36. The zero-order valence-electron chi connectivity index (χ0n) is 10.6. The van der Waals surface area contributed by atoms with Crippen LogP contribution in [0.25, 0.3) is 0 Å². The minimum absolute atomic E-state index is 0.186. The molecule has 0 bridgehead atoms. The zero-order chi connectivity index (χ0) is 12.3. The summed E-state index contributed by atoms with van der Waals surface area (Å²) in [4.78, 5) is 3.42. The maximum absolute atomic E-state index is 10.6. The number of hydrogen-bond acceptors (Lipinski definition) is 4. The molecule has 2 unspecified atom stereocenters. The van der Waals surface area contributed by atoms with Gasteiger partial charge in [0.05, 0.1) is 13.2 Å². The van der Waals surface area contributed by atoms with E-state index < -0.39 is 6.10 Å². The lowest BCUT2D eigenvalue weighted by Gasteiger charge is -2.45. The van der Waals surface area contributed by atoms with Crippen molar-refractivity contribution in [2.24, 2.45) is 0 Å². The zero-order valence-corrected chi connectivity index (χ0v) is 11.4. The average Bonchev–Trinajstić information content (AvgIpc) is 2.92. The van der Waals surface area contributed by atoms with Crippen LogP contribution >= 0.6 is 11.3 Å². The van der Waals surface area contributed by atoms with Crippen LogP contribution in [0.3, 0.4) is 0 Å². The van der Waals surface area contributed by atoms with Gasteiger partial charge < -0.3 is 9.84 Å². The summed E-state index contributed by atoms with van der Waals surface area (Å²) in [6.45, 7) is 7.66. The minimum atomic E-state index is -0.411. The van der Waals surface area contributed by atoms with Crippen LogP contribution in [0.4, 0.5) is 0 Å². The lowest BCUT2D eigenvalue weighted by Crippen LogP contribution is -2.54. The fraction of sp³-hybridized carbons (Fsp3) is 0.692. The number of ether oxygens (including phenoxy) is 1. The second kappa shape index (κ2) is 5.48. The van der Waals surface area contributed by atoms with Crippen LogP contribution in [-0.2, 0) is 4.74 Å². The Hall–Kier alpha value is -0.420. The molecular weight excluding hydrogens is 234 g/mol. The molecule has 1 aliphatic rings. The van der Waals surface area contributed by atoms with Crippen molar-refractivity contribution in [3.8, 4) is 0 Å². The number of morpholine rings is 1. The predicted octanol–water partition coefficient (Wildman–Crippen LogP) is 2.28. The van der Waals surface area contributed by atoms with Crippen molar-refractivity contribution in [2.45, 2.75) is 31.9 Å². The molecule has 17 heavy (non-hydrogen) atoms. The molecule has 1 fully saturated rings. The van der Waals surface area contributed by atoms with Gasteiger partial charge in [-0.05, 0) is 24.8 Å². The predicted molar refractivity (Wildman–Crippen MR) is 70.4 cm³/mol. The van der Waals surface area contributed by atoms with Gasteiger partial charge in [-0.15, -0.1) is 11.3 Å². The third-order valence-corrected chi connectivity index (χ3v) is 4.78. The van der Waals surface area contributed by atoms with Crippen LogP contribution in [0.1, 0.15) is 31.2 Å². The third kappa shape index (κ3) is 2.55. The van der Waals surface area contributed by atoms with Crippen molar-refractivity contribution in [1.82, 2.24) is 4.90 Å². The molecular formula is C13H21NO2S. The van der Waals surface area contributed by atoms with E-state index in [0.29, 0.717) is 0 Å². The quantitative estimate of drug-likeness (QED) is 0.896. The Morgan fingerprint density at radius 1 is 1.53 bits per heavy atom. The van der Waals surface area contributed by atoms with E-state index in [2.05, 4.69) is 18.7 Å². The molecule has 1 aromatic heterocycles. The van der Waals surface area contributed by atoms with E-state index >= 15 is 0 Å². The Morgan fingerprint density at radius 3 is 2.76 bits per heavy atom. The van der Waals surface area contributed by atoms with Gasteiger partial charge in [0, 0.05) is 23.5 Å². The molecule has 0 saturated carbocycles. The first-order valence-corrected chi connectivity index (χ1v) is 7.10. The number of thiophene rings is 1. The van der Waals surface area contributed by atoms with Gasteiger partial charge in [-0.1, -0.05) is 13.0 Å². The first kappa shape index (κ1) is 13.0. The maximum Gasteiger partial charge on any atom is 0.106 e. The van der Waals surface area contributed by atoms with Crippen molar-refractivity contribution < 1.29 is 9.84 Å². The molecule has 2 heterocycles. The Kier molecular flexibility index (Phi) is 4.20. The highest BCUT2D eigenvalue weighted by atomic mass is 32.1. The number of aliphatic hydroxyl groups is 1. The Morgan fingerprint density at radius 2 is 2.24 bits per heavy atom. The summed E-state index contributed by atoms with van der Waals surface area (Å²) in [6.07, 6.45) is 0.525. The molecule has 4 heteroatoms. The summed E-state index contributed by atoms with van der Waals surface area (Å²) in [5.74, 6) is 0. The Bertz CT molecular complexity index is 335. The molecule has 0 spiro atoms. The molecule has 0 aromatic carbocycles. The largest absolute Gasteiger partial charge is 0.386 e. The monoisotopic (exact) mass is 255 g/mol. The SMILES string of the molecule is CCC(C)(C(O)c1cccs1)N1CCOCC1. The molecule has 1 saturated heterocycles. The van der Waals surface area contributed by atoms with E-state index in [1.807, 2.05) is 17.5 Å². The van der Waals surface area contributed by atoms with Crippen molar-refractivity contribution in [2.75, 3.05) is 26.3 Å². The number of hydrogen-bond donors (Lipinski definition) is 1. The van der Waals surface area contributed by atoms with E-state index in [-0.39, 0.29) is 5.54 Å². The van der Waals surface area contributed by atoms with Crippen LogP contribution in [0.15, 0.2) is 17.5 Å². The van der Waals surface area contributed by atoms with Gasteiger partial charge in [-0.2, -0.15) is 0 Å². The second-order valence-electron chi connectivity index (χ2n) is 4.73. The first-order valence-electron chi connectivity index (χ1n) is 6.22. The van der Waals surface area contributed by atoms with Gasteiger partial charge in [0.15, 0.2) is 0 Å². The van der Waals surface area contributed by atoms with Crippen LogP contribution in [0.5, 0.6) is 0 Å². The van der Waals surface area contributed by atoms with Crippen molar-refractivity contribution in [3.63, 3.8) is 0 Å². The lowest BCUT2D eigenvalue weighted by atomic mass is 9.88. The number of aliphatic hydroxyl groups excluding tert-OH is 1.